The molecule has 2 rings (SSSR count). The lowest BCUT2D eigenvalue weighted by molar-refractivity contribution is -0.0810. The van der Waals surface area contributed by atoms with E-state index in [2.05, 4.69) is 0 Å². The topological polar surface area (TPSA) is 0 Å². The van der Waals surface area contributed by atoms with Crippen molar-refractivity contribution in [2.45, 2.75) is 20.5 Å². The maximum atomic E-state index is 14.2. The summed E-state index contributed by atoms with van der Waals surface area (Å²) in [6.07, 6.45) is 0. The van der Waals surface area contributed by atoms with Crippen molar-refractivity contribution in [2.24, 2.45) is 0 Å². The third-order valence-corrected chi connectivity index (χ3v) is 5.31. The molecule has 22 heavy (non-hydrogen) atoms. The Balaban J connectivity index is 3.11. The van der Waals surface area contributed by atoms with E-state index in [1.54, 1.807) is 0 Å². The van der Waals surface area contributed by atoms with Crippen molar-refractivity contribution < 1.29 is 35.1 Å². The van der Waals surface area contributed by atoms with Crippen LogP contribution in [0.3, 0.4) is 0 Å². The first-order valence-electron chi connectivity index (χ1n) is 5.02. The quantitative estimate of drug-likeness (QED) is 0.218. The van der Waals surface area contributed by atoms with Gasteiger partial charge in [-0.1, -0.05) is 46.4 Å². The summed E-state index contributed by atoms with van der Waals surface area (Å²) in [5.41, 5.74) is -4.57. The van der Waals surface area contributed by atoms with Crippen LogP contribution in [0.2, 0.25) is 0 Å². The molecule has 0 spiro atoms. The van der Waals surface area contributed by atoms with Crippen molar-refractivity contribution in [3.8, 4) is 0 Å². The second-order valence-electron chi connectivity index (χ2n) is 4.30. The van der Waals surface area contributed by atoms with Gasteiger partial charge in [0.15, 0.2) is 23.3 Å². The molecule has 0 nitrogen and oxygen atoms in total. The van der Waals surface area contributed by atoms with Crippen LogP contribution in [0, 0.1) is 23.3 Å². The van der Waals surface area contributed by atoms with E-state index in [1.165, 1.54) is 0 Å². The molecule has 1 aliphatic rings. The standard InChI is InChI=1S/C10Cl4F8/c11-7(19)1-2(4(16)6(18)5(17)3(1)15)8(12,20)10(14,22)9(7,13)21. The Kier molecular flexibility index (Phi) is 3.86. The predicted molar refractivity (Wildman–Crippen MR) is 62.9 cm³/mol. The average Bonchev–Trinajstić information content (AvgIpc) is 2.37. The van der Waals surface area contributed by atoms with Crippen LogP contribution in [0.4, 0.5) is 35.1 Å². The fraction of sp³-hybridized carbons (Fsp3) is 0.400. The number of fused-ring (bicyclic) bond motifs is 1. The minimum atomic E-state index is -4.82. The van der Waals surface area contributed by atoms with E-state index in [0.717, 1.165) is 0 Å². The van der Waals surface area contributed by atoms with E-state index >= 15 is 0 Å². The first kappa shape index (κ1) is 18.2. The fourth-order valence-corrected chi connectivity index (χ4v) is 3.09. The zero-order valence-electron chi connectivity index (χ0n) is 9.54. The number of alkyl halides is 8. The second kappa shape index (κ2) is 4.68. The minimum Gasteiger partial charge on any atom is -0.215 e. The van der Waals surface area contributed by atoms with E-state index in [4.69, 9.17) is 46.4 Å². The van der Waals surface area contributed by atoms with Crippen LogP contribution in [-0.4, -0.2) is 10.3 Å². The van der Waals surface area contributed by atoms with Gasteiger partial charge in [0.05, 0.1) is 11.1 Å². The highest BCUT2D eigenvalue weighted by molar-refractivity contribution is 6.43. The Hall–Kier alpha value is -0.180. The number of rotatable bonds is 0. The van der Waals surface area contributed by atoms with Gasteiger partial charge in [-0.05, 0) is 0 Å². The first-order valence-corrected chi connectivity index (χ1v) is 6.53. The summed E-state index contributed by atoms with van der Waals surface area (Å²) in [5.74, 6) is -10.6. The van der Waals surface area contributed by atoms with Gasteiger partial charge < -0.3 is 0 Å². The van der Waals surface area contributed by atoms with Crippen LogP contribution in [0.5, 0.6) is 0 Å². The molecule has 1 aromatic carbocycles. The largest absolute Gasteiger partial charge is 0.288 e. The zero-order valence-corrected chi connectivity index (χ0v) is 12.6. The van der Waals surface area contributed by atoms with Crippen molar-refractivity contribution >= 4 is 46.4 Å². The summed E-state index contributed by atoms with van der Waals surface area (Å²) < 4.78 is 110. The number of halogens is 12. The maximum absolute atomic E-state index is 14.2. The molecule has 0 heterocycles. The van der Waals surface area contributed by atoms with E-state index in [-0.39, 0.29) is 0 Å². The van der Waals surface area contributed by atoms with Crippen LogP contribution < -0.4 is 0 Å². The van der Waals surface area contributed by atoms with Gasteiger partial charge in [0.2, 0.25) is 0 Å². The summed E-state index contributed by atoms with van der Waals surface area (Å²) in [4.78, 5) is 0. The lowest BCUT2D eigenvalue weighted by atomic mass is 9.83. The molecule has 4 unspecified atom stereocenters. The summed E-state index contributed by atoms with van der Waals surface area (Å²) in [6.45, 7) is 0. The van der Waals surface area contributed by atoms with Crippen LogP contribution >= 0.6 is 46.4 Å². The maximum Gasteiger partial charge on any atom is 0.288 e. The van der Waals surface area contributed by atoms with Crippen LogP contribution in [0.15, 0.2) is 0 Å². The van der Waals surface area contributed by atoms with Gasteiger partial charge in [-0.25, -0.2) is 35.1 Å². The molecule has 4 atom stereocenters. The molecule has 1 aliphatic carbocycles. The predicted octanol–water partition coefficient (Wildman–Crippen LogP) is 5.79. The average molecular weight is 414 g/mol. The highest BCUT2D eigenvalue weighted by Gasteiger charge is 2.81. The summed E-state index contributed by atoms with van der Waals surface area (Å²) >= 11 is 19.3. The lowest BCUT2D eigenvalue weighted by Gasteiger charge is -2.47. The van der Waals surface area contributed by atoms with E-state index in [0.29, 0.717) is 0 Å². The molecule has 0 N–H and O–H groups in total. The van der Waals surface area contributed by atoms with Crippen molar-refractivity contribution in [1.29, 1.82) is 0 Å². The zero-order chi connectivity index (χ0) is 17.5. The molecule has 124 valence electrons. The highest BCUT2D eigenvalue weighted by atomic mass is 35.5. The summed E-state index contributed by atoms with van der Waals surface area (Å²) in [6, 6.07) is 0. The molecule has 12 heteroatoms. The van der Waals surface area contributed by atoms with Crippen LogP contribution in [0.1, 0.15) is 11.1 Å². The van der Waals surface area contributed by atoms with E-state index < -0.39 is 54.9 Å². The molecular formula is C10Cl4F8. The molecule has 0 amide bonds. The summed E-state index contributed by atoms with van der Waals surface area (Å²) in [5, 5.41) is -18.9. The summed E-state index contributed by atoms with van der Waals surface area (Å²) in [7, 11) is 0. The van der Waals surface area contributed by atoms with Gasteiger partial charge in [0.1, 0.15) is 0 Å². The van der Waals surface area contributed by atoms with Crippen LogP contribution in [-0.2, 0) is 10.3 Å². The Morgan fingerprint density at radius 2 is 0.727 bits per heavy atom. The Morgan fingerprint density at radius 1 is 0.500 bits per heavy atom. The van der Waals surface area contributed by atoms with Gasteiger partial charge in [-0.3, -0.25) is 0 Å². The second-order valence-corrected chi connectivity index (χ2v) is 6.39. The van der Waals surface area contributed by atoms with Gasteiger partial charge in [-0.15, -0.1) is 0 Å². The van der Waals surface area contributed by atoms with Gasteiger partial charge in [0, 0.05) is 0 Å². The Morgan fingerprint density at radius 3 is 0.955 bits per heavy atom. The van der Waals surface area contributed by atoms with Crippen molar-refractivity contribution in [3.05, 3.63) is 34.4 Å². The third-order valence-electron chi connectivity index (χ3n) is 3.08. The van der Waals surface area contributed by atoms with Crippen LogP contribution in [0.25, 0.3) is 0 Å². The molecular weight excluding hydrogens is 414 g/mol. The van der Waals surface area contributed by atoms with E-state index in [1.807, 2.05) is 0 Å². The van der Waals surface area contributed by atoms with Crippen molar-refractivity contribution in [2.75, 3.05) is 0 Å². The Labute approximate surface area is 136 Å². The van der Waals surface area contributed by atoms with Gasteiger partial charge in [-0.2, -0.15) is 0 Å². The van der Waals surface area contributed by atoms with Gasteiger partial charge >= 0.3 is 0 Å². The molecule has 0 aromatic heterocycles. The molecule has 0 aliphatic heterocycles. The molecule has 1 aromatic rings. The van der Waals surface area contributed by atoms with Crippen molar-refractivity contribution in [3.63, 3.8) is 0 Å². The molecule has 0 saturated heterocycles. The lowest BCUT2D eigenvalue weighted by Crippen LogP contribution is -2.62. The molecule has 0 saturated carbocycles. The SMILES string of the molecule is Fc1c(F)c(F)c2c(c1F)C(F)(Cl)C(F)(Cl)C(F)(Cl)C2(F)Cl. The van der Waals surface area contributed by atoms with E-state index in [9.17, 15) is 35.1 Å². The Bertz CT molecular complexity index is 613. The molecule has 0 bridgehead atoms. The van der Waals surface area contributed by atoms with Gasteiger partial charge in [0.25, 0.3) is 20.5 Å². The highest BCUT2D eigenvalue weighted by Crippen LogP contribution is 2.69. The van der Waals surface area contributed by atoms with Crippen molar-refractivity contribution in [1.82, 2.24) is 0 Å². The normalized spacial score (nSPS) is 41.5. The fourth-order valence-electron chi connectivity index (χ4n) is 1.93. The number of benzene rings is 1. The number of hydrogen-bond donors (Lipinski definition) is 0. The first-order chi connectivity index (χ1) is 9.64. The third kappa shape index (κ3) is 1.78. The minimum absolute atomic E-state index is 2.28. The number of hydrogen-bond acceptors (Lipinski definition) is 0. The molecule has 0 radical (unpaired) electrons. The smallest absolute Gasteiger partial charge is 0.215 e. The molecule has 0 fully saturated rings. The monoisotopic (exact) mass is 412 g/mol.